The summed E-state index contributed by atoms with van der Waals surface area (Å²) in [5.74, 6) is 0. The van der Waals surface area contributed by atoms with Gasteiger partial charge in [-0.1, -0.05) is 0 Å². The highest BCUT2D eigenvalue weighted by Gasteiger charge is 1.94. The third-order valence-corrected chi connectivity index (χ3v) is 1.62. The van der Waals surface area contributed by atoms with Gasteiger partial charge in [-0.2, -0.15) is 5.10 Å². The molecule has 0 amide bonds. The quantitative estimate of drug-likeness (QED) is 0.724. The van der Waals surface area contributed by atoms with E-state index in [-0.39, 0.29) is 0 Å². The van der Waals surface area contributed by atoms with Crippen LogP contribution in [0.4, 0.5) is 5.69 Å². The molecule has 13 heavy (non-hydrogen) atoms. The molecule has 0 saturated carbocycles. The SMILES string of the molecule is c1cc(CNc2cn[nH]c2)ncn1. The summed E-state index contributed by atoms with van der Waals surface area (Å²) in [6.07, 6.45) is 6.77. The van der Waals surface area contributed by atoms with E-state index in [2.05, 4.69) is 25.5 Å². The third kappa shape index (κ3) is 2.02. The Kier molecular flexibility index (Phi) is 2.18. The Balaban J connectivity index is 1.94. The summed E-state index contributed by atoms with van der Waals surface area (Å²) in [4.78, 5) is 7.91. The maximum Gasteiger partial charge on any atom is 0.115 e. The average molecular weight is 175 g/mol. The lowest BCUT2D eigenvalue weighted by Gasteiger charge is -2.00. The van der Waals surface area contributed by atoms with Crippen LogP contribution in [0.15, 0.2) is 31.0 Å². The number of anilines is 1. The molecule has 0 saturated heterocycles. The van der Waals surface area contributed by atoms with Crippen molar-refractivity contribution in [2.75, 3.05) is 5.32 Å². The molecule has 2 heterocycles. The van der Waals surface area contributed by atoms with Crippen molar-refractivity contribution in [1.82, 2.24) is 20.2 Å². The molecule has 2 N–H and O–H groups in total. The first-order valence-corrected chi connectivity index (χ1v) is 3.93. The molecule has 2 aromatic heterocycles. The second-order valence-corrected chi connectivity index (χ2v) is 2.54. The molecule has 0 aliphatic rings. The van der Waals surface area contributed by atoms with Crippen molar-refractivity contribution in [2.45, 2.75) is 6.54 Å². The molecule has 5 nitrogen and oxygen atoms in total. The lowest BCUT2D eigenvalue weighted by atomic mass is 10.4. The van der Waals surface area contributed by atoms with E-state index in [0.29, 0.717) is 6.54 Å². The number of hydrogen-bond donors (Lipinski definition) is 2. The number of rotatable bonds is 3. The van der Waals surface area contributed by atoms with Gasteiger partial charge < -0.3 is 5.32 Å². The van der Waals surface area contributed by atoms with Crippen molar-refractivity contribution < 1.29 is 0 Å². The van der Waals surface area contributed by atoms with Crippen molar-refractivity contribution >= 4 is 5.69 Å². The molecule has 2 aromatic rings. The second kappa shape index (κ2) is 3.66. The van der Waals surface area contributed by atoms with Gasteiger partial charge in [0.1, 0.15) is 6.33 Å². The van der Waals surface area contributed by atoms with E-state index in [1.807, 2.05) is 6.07 Å². The first kappa shape index (κ1) is 7.72. The molecule has 0 fully saturated rings. The van der Waals surface area contributed by atoms with Gasteiger partial charge in [-0.25, -0.2) is 9.97 Å². The van der Waals surface area contributed by atoms with Gasteiger partial charge in [0.05, 0.1) is 24.1 Å². The highest BCUT2D eigenvalue weighted by Crippen LogP contribution is 2.02. The Morgan fingerprint density at radius 1 is 1.46 bits per heavy atom. The van der Waals surface area contributed by atoms with E-state index in [1.165, 1.54) is 6.33 Å². The van der Waals surface area contributed by atoms with Crippen LogP contribution in [0.3, 0.4) is 0 Å². The van der Waals surface area contributed by atoms with E-state index >= 15 is 0 Å². The predicted octanol–water partition coefficient (Wildman–Crippen LogP) is 0.812. The zero-order valence-corrected chi connectivity index (χ0v) is 6.94. The Morgan fingerprint density at radius 2 is 2.46 bits per heavy atom. The van der Waals surface area contributed by atoms with E-state index in [9.17, 15) is 0 Å². The summed E-state index contributed by atoms with van der Waals surface area (Å²) >= 11 is 0. The van der Waals surface area contributed by atoms with Crippen molar-refractivity contribution in [3.05, 3.63) is 36.7 Å². The molecule has 5 heteroatoms. The minimum Gasteiger partial charge on any atom is -0.377 e. The fraction of sp³-hybridized carbons (Fsp3) is 0.125. The summed E-state index contributed by atoms with van der Waals surface area (Å²) < 4.78 is 0. The van der Waals surface area contributed by atoms with Crippen LogP contribution < -0.4 is 5.32 Å². The molecular weight excluding hydrogens is 166 g/mol. The van der Waals surface area contributed by atoms with Gasteiger partial charge >= 0.3 is 0 Å². The van der Waals surface area contributed by atoms with Gasteiger partial charge in [-0.15, -0.1) is 0 Å². The smallest absolute Gasteiger partial charge is 0.115 e. The van der Waals surface area contributed by atoms with Crippen molar-refractivity contribution in [2.24, 2.45) is 0 Å². The standard InChI is InChI=1S/C8H9N5/c1-2-9-6-11-7(1)3-10-8-4-12-13-5-8/h1-2,4-6,10H,3H2,(H,12,13). The van der Waals surface area contributed by atoms with Gasteiger partial charge in [0, 0.05) is 12.4 Å². The minimum atomic E-state index is 0.683. The van der Waals surface area contributed by atoms with E-state index in [1.54, 1.807) is 18.6 Å². The van der Waals surface area contributed by atoms with Crippen LogP contribution in [0, 0.1) is 0 Å². The zero-order valence-electron chi connectivity index (χ0n) is 6.94. The number of aromatic nitrogens is 4. The first-order valence-electron chi connectivity index (χ1n) is 3.93. The minimum absolute atomic E-state index is 0.683. The molecule has 0 aliphatic heterocycles. The normalized spacial score (nSPS) is 9.85. The number of aromatic amines is 1. The molecule has 0 aromatic carbocycles. The van der Waals surface area contributed by atoms with Crippen LogP contribution in [-0.2, 0) is 6.54 Å². The largest absolute Gasteiger partial charge is 0.377 e. The highest BCUT2D eigenvalue weighted by molar-refractivity contribution is 5.37. The fourth-order valence-electron chi connectivity index (χ4n) is 0.963. The maximum atomic E-state index is 4.07. The van der Waals surface area contributed by atoms with Gasteiger partial charge in [0.25, 0.3) is 0 Å². The van der Waals surface area contributed by atoms with E-state index in [4.69, 9.17) is 0 Å². The van der Waals surface area contributed by atoms with Crippen LogP contribution in [0.25, 0.3) is 0 Å². The first-order chi connectivity index (χ1) is 6.45. The molecule has 0 spiro atoms. The molecule has 0 aliphatic carbocycles. The molecular formula is C8H9N5. The second-order valence-electron chi connectivity index (χ2n) is 2.54. The molecule has 0 bridgehead atoms. The summed E-state index contributed by atoms with van der Waals surface area (Å²) in [7, 11) is 0. The van der Waals surface area contributed by atoms with E-state index < -0.39 is 0 Å². The Bertz CT molecular complexity index is 342. The van der Waals surface area contributed by atoms with Crippen LogP contribution in [0.2, 0.25) is 0 Å². The topological polar surface area (TPSA) is 66.5 Å². The number of nitrogens with one attached hydrogen (secondary N) is 2. The van der Waals surface area contributed by atoms with Gasteiger partial charge in [-0.05, 0) is 6.07 Å². The fourth-order valence-corrected chi connectivity index (χ4v) is 0.963. The van der Waals surface area contributed by atoms with E-state index in [0.717, 1.165) is 11.4 Å². The van der Waals surface area contributed by atoms with Crippen molar-refractivity contribution in [1.29, 1.82) is 0 Å². The molecule has 0 unspecified atom stereocenters. The molecule has 0 atom stereocenters. The number of nitrogens with zero attached hydrogens (tertiary/aromatic N) is 3. The van der Waals surface area contributed by atoms with Crippen LogP contribution >= 0.6 is 0 Å². The molecule has 0 radical (unpaired) electrons. The summed E-state index contributed by atoms with van der Waals surface area (Å²) in [5, 5.41) is 9.69. The molecule has 66 valence electrons. The third-order valence-electron chi connectivity index (χ3n) is 1.62. The van der Waals surface area contributed by atoms with Gasteiger partial charge in [-0.3, -0.25) is 5.10 Å². The number of H-pyrrole nitrogens is 1. The lowest BCUT2D eigenvalue weighted by Crippen LogP contribution is -2.00. The number of hydrogen-bond acceptors (Lipinski definition) is 4. The van der Waals surface area contributed by atoms with Crippen molar-refractivity contribution in [3.8, 4) is 0 Å². The van der Waals surface area contributed by atoms with Gasteiger partial charge in [0.2, 0.25) is 0 Å². The monoisotopic (exact) mass is 175 g/mol. The predicted molar refractivity (Wildman–Crippen MR) is 47.9 cm³/mol. The van der Waals surface area contributed by atoms with Crippen molar-refractivity contribution in [3.63, 3.8) is 0 Å². The average Bonchev–Trinajstić information content (AvgIpc) is 2.69. The van der Waals surface area contributed by atoms with Gasteiger partial charge in [0.15, 0.2) is 0 Å². The zero-order chi connectivity index (χ0) is 8.93. The summed E-state index contributed by atoms with van der Waals surface area (Å²) in [5.41, 5.74) is 1.91. The van der Waals surface area contributed by atoms with Crippen LogP contribution in [-0.4, -0.2) is 20.2 Å². The lowest BCUT2D eigenvalue weighted by molar-refractivity contribution is 1.01. The Morgan fingerprint density at radius 3 is 3.15 bits per heavy atom. The maximum absolute atomic E-state index is 4.07. The summed E-state index contributed by atoms with van der Waals surface area (Å²) in [6, 6.07) is 1.87. The Hall–Kier alpha value is -1.91. The van der Waals surface area contributed by atoms with Crippen LogP contribution in [0.1, 0.15) is 5.69 Å². The highest BCUT2D eigenvalue weighted by atomic mass is 15.1. The Labute approximate surface area is 75.2 Å². The van der Waals surface area contributed by atoms with Crippen LogP contribution in [0.5, 0.6) is 0 Å². The molecule has 2 rings (SSSR count). The summed E-state index contributed by atoms with van der Waals surface area (Å²) in [6.45, 7) is 0.683.